The number of aromatic nitrogens is 4. The molecule has 162 valence electrons. The second kappa shape index (κ2) is 11.8. The molecule has 0 atom stereocenters. The molecule has 0 aliphatic rings. The minimum absolute atomic E-state index is 0. The summed E-state index contributed by atoms with van der Waals surface area (Å²) in [6.45, 7) is 0. The average Bonchev–Trinajstić information content (AvgIpc) is 2.78. The number of rotatable bonds is 9. The molecular weight excluding hydrogens is 451 g/mol. The van der Waals surface area contributed by atoms with Crippen LogP contribution in [0.25, 0.3) is 0 Å². The van der Waals surface area contributed by atoms with Gasteiger partial charge >= 0.3 is 63.4 Å². The zero-order chi connectivity index (χ0) is 22.4. The number of carboxylic acid groups (broad SMARTS) is 1. The van der Waals surface area contributed by atoms with E-state index in [2.05, 4.69) is 19.9 Å². The van der Waals surface area contributed by atoms with Crippen LogP contribution in [0, 0.1) is 0 Å². The number of hydrogen-bond acceptors (Lipinski definition) is 12. The van der Waals surface area contributed by atoms with Gasteiger partial charge in [0.1, 0.15) is 11.5 Å². The maximum absolute atomic E-state index is 11.9. The number of carbonyl (C=O) groups is 1. The van der Waals surface area contributed by atoms with Gasteiger partial charge < -0.3 is 38.3 Å². The third-order valence-electron chi connectivity index (χ3n) is 3.75. The van der Waals surface area contributed by atoms with Gasteiger partial charge in [0.15, 0.2) is 0 Å². The van der Waals surface area contributed by atoms with Crippen LogP contribution in [-0.4, -0.2) is 54.3 Å². The molecule has 0 bridgehead atoms. The molecular formula is C19H17KN4O8. The topological polar surface area (TPSA) is 147 Å². The summed E-state index contributed by atoms with van der Waals surface area (Å²) < 4.78 is 31.3. The zero-order valence-electron chi connectivity index (χ0n) is 17.9. The van der Waals surface area contributed by atoms with Crippen molar-refractivity contribution in [3.63, 3.8) is 0 Å². The molecule has 0 spiro atoms. The van der Waals surface area contributed by atoms with Gasteiger partial charge in [0.05, 0.1) is 52.1 Å². The molecule has 3 aromatic rings. The number of nitrogens with zero attached hydrogens (tertiary/aromatic N) is 4. The molecule has 0 N–H and O–H groups in total. The Balaban J connectivity index is 0.00000363. The largest absolute Gasteiger partial charge is 1.00 e. The van der Waals surface area contributed by atoms with E-state index < -0.39 is 11.5 Å². The first-order valence-corrected chi connectivity index (χ1v) is 8.61. The van der Waals surface area contributed by atoms with Crippen molar-refractivity contribution in [1.29, 1.82) is 0 Å². The van der Waals surface area contributed by atoms with Gasteiger partial charge in [-0.15, -0.1) is 0 Å². The summed E-state index contributed by atoms with van der Waals surface area (Å²) in [5, 5.41) is 11.9. The molecule has 0 aliphatic heterocycles. The number of ether oxygens (including phenoxy) is 6. The fourth-order valence-electron chi connectivity index (χ4n) is 2.36. The van der Waals surface area contributed by atoms with E-state index in [1.54, 1.807) is 0 Å². The SMILES string of the molecule is COc1cc(OC)nc(Oc2cccc(Oc3nc(OC)cc(OC)n3)c2C(=O)[O-])n1.[K+]. The Labute approximate surface area is 225 Å². The van der Waals surface area contributed by atoms with Crippen LogP contribution in [0.1, 0.15) is 10.4 Å². The van der Waals surface area contributed by atoms with Gasteiger partial charge in [0.25, 0.3) is 0 Å². The molecule has 2 heterocycles. The third-order valence-corrected chi connectivity index (χ3v) is 3.75. The van der Waals surface area contributed by atoms with Crippen molar-refractivity contribution < 1.29 is 89.7 Å². The predicted molar refractivity (Wildman–Crippen MR) is 101 cm³/mol. The molecule has 0 radical (unpaired) electrons. The maximum atomic E-state index is 11.9. The zero-order valence-corrected chi connectivity index (χ0v) is 21.1. The molecule has 0 saturated heterocycles. The summed E-state index contributed by atoms with van der Waals surface area (Å²) in [7, 11) is 5.59. The number of methoxy groups -OCH3 is 4. The smallest absolute Gasteiger partial charge is 0.545 e. The molecule has 13 heteroatoms. The van der Waals surface area contributed by atoms with Gasteiger partial charge in [-0.2, -0.15) is 19.9 Å². The minimum Gasteiger partial charge on any atom is -0.545 e. The van der Waals surface area contributed by atoms with E-state index >= 15 is 0 Å². The van der Waals surface area contributed by atoms with E-state index in [4.69, 9.17) is 28.4 Å². The Kier molecular flexibility index (Phi) is 9.40. The van der Waals surface area contributed by atoms with E-state index in [-0.39, 0.29) is 98.4 Å². The molecule has 0 amide bonds. The van der Waals surface area contributed by atoms with Gasteiger partial charge in [-0.1, -0.05) is 6.07 Å². The molecule has 2 aromatic heterocycles. The van der Waals surface area contributed by atoms with Gasteiger partial charge in [-0.05, 0) is 12.1 Å². The van der Waals surface area contributed by atoms with Crippen molar-refractivity contribution in [1.82, 2.24) is 19.9 Å². The van der Waals surface area contributed by atoms with Crippen molar-refractivity contribution in [2.24, 2.45) is 0 Å². The van der Waals surface area contributed by atoms with E-state index in [0.717, 1.165) is 0 Å². The van der Waals surface area contributed by atoms with Gasteiger partial charge in [-0.3, -0.25) is 0 Å². The number of carbonyl (C=O) groups excluding carboxylic acids is 1. The summed E-state index contributed by atoms with van der Waals surface area (Å²) in [6, 6.07) is 6.68. The number of benzene rings is 1. The Morgan fingerprint density at radius 2 is 1.06 bits per heavy atom. The second-order valence-electron chi connectivity index (χ2n) is 5.59. The minimum atomic E-state index is -1.57. The van der Waals surface area contributed by atoms with Crippen molar-refractivity contribution in [2.75, 3.05) is 28.4 Å². The first-order chi connectivity index (χ1) is 15.0. The van der Waals surface area contributed by atoms with Gasteiger partial charge in [0, 0.05) is 0 Å². The van der Waals surface area contributed by atoms with E-state index in [1.165, 1.54) is 58.8 Å². The average molecular weight is 468 g/mol. The van der Waals surface area contributed by atoms with Crippen LogP contribution in [0.15, 0.2) is 30.3 Å². The number of carboxylic acids is 1. The molecule has 32 heavy (non-hydrogen) atoms. The van der Waals surface area contributed by atoms with Crippen LogP contribution in [0.3, 0.4) is 0 Å². The molecule has 0 saturated carbocycles. The van der Waals surface area contributed by atoms with Crippen molar-refractivity contribution in [3.8, 4) is 47.0 Å². The summed E-state index contributed by atoms with van der Waals surface area (Å²) in [6.07, 6.45) is 0. The predicted octanol–water partition coefficient (Wildman–Crippen LogP) is -1.75. The van der Waals surface area contributed by atoms with E-state index in [0.29, 0.717) is 0 Å². The number of aromatic carboxylic acids is 1. The van der Waals surface area contributed by atoms with Gasteiger partial charge in [0.2, 0.25) is 23.5 Å². The van der Waals surface area contributed by atoms with E-state index in [9.17, 15) is 9.90 Å². The third kappa shape index (κ3) is 6.17. The Hall–Kier alpha value is -2.71. The first kappa shape index (κ1) is 25.5. The molecule has 3 rings (SSSR count). The van der Waals surface area contributed by atoms with Crippen LogP contribution < -0.4 is 84.9 Å². The van der Waals surface area contributed by atoms with E-state index in [1.807, 2.05) is 0 Å². The Morgan fingerprint density at radius 3 is 1.34 bits per heavy atom. The summed E-state index contributed by atoms with van der Waals surface area (Å²) in [5.74, 6) is -1.26. The summed E-state index contributed by atoms with van der Waals surface area (Å²) in [5.41, 5.74) is -0.418. The molecule has 12 nitrogen and oxygen atoms in total. The maximum Gasteiger partial charge on any atom is 1.00 e. The normalized spacial score (nSPS) is 9.88. The molecule has 0 aliphatic carbocycles. The summed E-state index contributed by atoms with van der Waals surface area (Å²) >= 11 is 0. The second-order valence-corrected chi connectivity index (χ2v) is 5.59. The van der Waals surface area contributed by atoms with Crippen LogP contribution in [0.2, 0.25) is 0 Å². The van der Waals surface area contributed by atoms with Crippen LogP contribution in [0.5, 0.6) is 47.0 Å². The summed E-state index contributed by atoms with van der Waals surface area (Å²) in [4.78, 5) is 27.9. The quantitative estimate of drug-likeness (QED) is 0.328. The first-order valence-electron chi connectivity index (χ1n) is 8.61. The van der Waals surface area contributed by atoms with Crippen molar-refractivity contribution in [3.05, 3.63) is 35.9 Å². The molecule has 0 fully saturated rings. The molecule has 0 unspecified atom stereocenters. The fourth-order valence-corrected chi connectivity index (χ4v) is 2.36. The Morgan fingerprint density at radius 1 is 0.719 bits per heavy atom. The van der Waals surface area contributed by atoms with Crippen LogP contribution in [-0.2, 0) is 0 Å². The van der Waals surface area contributed by atoms with Crippen molar-refractivity contribution >= 4 is 5.97 Å². The van der Waals surface area contributed by atoms with Crippen molar-refractivity contribution in [2.45, 2.75) is 0 Å². The Bertz CT molecular complexity index is 979. The standard InChI is InChI=1S/C19H18N4O8.K/c1-26-12-8-13(27-2)21-18(20-12)30-10-6-5-7-11(16(10)17(24)25)31-19-22-14(28-3)9-15(23-19)29-4;/h5-9H,1-4H3,(H,24,25);/q;+1/p-1. The fraction of sp³-hybridized carbons (Fsp3) is 0.211. The van der Waals surface area contributed by atoms with Crippen LogP contribution >= 0.6 is 0 Å². The van der Waals surface area contributed by atoms with Gasteiger partial charge in [-0.25, -0.2) is 0 Å². The molecule has 1 aromatic carbocycles. The number of hydrogen-bond donors (Lipinski definition) is 0. The van der Waals surface area contributed by atoms with Crippen LogP contribution in [0.4, 0.5) is 0 Å². The monoisotopic (exact) mass is 468 g/mol.